The Morgan fingerprint density at radius 1 is 1.09 bits per heavy atom. The minimum Gasteiger partial charge on any atom is -0.461 e. The van der Waals surface area contributed by atoms with Crippen molar-refractivity contribution in [2.45, 2.75) is 26.7 Å². The Balaban J connectivity index is 2.19. The summed E-state index contributed by atoms with van der Waals surface area (Å²) < 4.78 is 9.92. The molecule has 2 N–H and O–H groups in total. The van der Waals surface area contributed by atoms with E-state index in [4.69, 9.17) is 15.2 Å². The number of fused-ring (bicyclic) bond motifs is 1. The zero-order valence-corrected chi connectivity index (χ0v) is 12.8. The van der Waals surface area contributed by atoms with Crippen LogP contribution in [-0.2, 0) is 22.3 Å². The lowest BCUT2D eigenvalue weighted by Gasteiger charge is -2.18. The molecule has 1 aromatic rings. The molecule has 0 fully saturated rings. The Labute approximate surface area is 128 Å². The van der Waals surface area contributed by atoms with Crippen molar-refractivity contribution in [3.8, 4) is 0 Å². The van der Waals surface area contributed by atoms with Crippen LogP contribution in [-0.4, -0.2) is 53.2 Å². The maximum Gasteiger partial charge on any atom is 0.409 e. The largest absolute Gasteiger partial charge is 0.461 e. The number of hydrogen-bond acceptors (Lipinski definition) is 7. The summed E-state index contributed by atoms with van der Waals surface area (Å²) in [5.41, 5.74) is 7.20. The monoisotopic (exact) mass is 308 g/mol. The summed E-state index contributed by atoms with van der Waals surface area (Å²) in [5.74, 6) is -0.524. The van der Waals surface area contributed by atoms with Gasteiger partial charge in [-0.25, -0.2) is 19.6 Å². The first kappa shape index (κ1) is 16.0. The first-order chi connectivity index (χ1) is 10.6. The number of esters is 1. The molecule has 22 heavy (non-hydrogen) atoms. The number of aromatic nitrogens is 2. The molecule has 8 heteroatoms. The molecule has 0 saturated heterocycles. The normalized spacial score (nSPS) is 14.0. The zero-order valence-electron chi connectivity index (χ0n) is 12.8. The van der Waals surface area contributed by atoms with Gasteiger partial charge < -0.3 is 20.1 Å². The number of nitrogen functional groups attached to an aromatic ring is 1. The minimum atomic E-state index is -0.582. The van der Waals surface area contributed by atoms with E-state index in [0.29, 0.717) is 43.9 Å². The van der Waals surface area contributed by atoms with Gasteiger partial charge in [-0.2, -0.15) is 0 Å². The van der Waals surface area contributed by atoms with Gasteiger partial charge in [-0.3, -0.25) is 0 Å². The highest BCUT2D eigenvalue weighted by atomic mass is 16.6. The van der Waals surface area contributed by atoms with Crippen molar-refractivity contribution in [1.82, 2.24) is 14.9 Å². The van der Waals surface area contributed by atoms with Crippen LogP contribution in [0.15, 0.2) is 0 Å². The maximum absolute atomic E-state index is 11.8. The Morgan fingerprint density at radius 3 is 2.27 bits per heavy atom. The molecule has 1 aliphatic rings. The number of hydrogen-bond donors (Lipinski definition) is 1. The van der Waals surface area contributed by atoms with Gasteiger partial charge in [-0.15, -0.1) is 0 Å². The predicted octanol–water partition coefficient (Wildman–Crippen LogP) is 0.793. The summed E-state index contributed by atoms with van der Waals surface area (Å²) in [4.78, 5) is 33.7. The summed E-state index contributed by atoms with van der Waals surface area (Å²) in [7, 11) is 0. The molecule has 0 saturated carbocycles. The Kier molecular flexibility index (Phi) is 5.13. The number of anilines is 1. The van der Waals surface area contributed by atoms with E-state index in [1.54, 1.807) is 18.7 Å². The number of carbonyl (C=O) groups excluding carboxylic acids is 2. The second-order valence-electron chi connectivity index (χ2n) is 4.76. The Hall–Kier alpha value is -2.38. The summed E-state index contributed by atoms with van der Waals surface area (Å²) in [6.07, 6.45) is 0.663. The van der Waals surface area contributed by atoms with E-state index in [2.05, 4.69) is 9.97 Å². The van der Waals surface area contributed by atoms with E-state index in [1.165, 1.54) is 0 Å². The first-order valence-corrected chi connectivity index (χ1v) is 7.30. The molecule has 0 spiro atoms. The lowest BCUT2D eigenvalue weighted by Crippen LogP contribution is -2.33. The van der Waals surface area contributed by atoms with Crippen molar-refractivity contribution in [3.05, 3.63) is 17.1 Å². The molecular weight excluding hydrogens is 288 g/mol. The first-order valence-electron chi connectivity index (χ1n) is 7.30. The van der Waals surface area contributed by atoms with Crippen molar-refractivity contribution in [2.24, 2.45) is 0 Å². The summed E-state index contributed by atoms with van der Waals surface area (Å²) >= 11 is 0. The van der Waals surface area contributed by atoms with Gasteiger partial charge in [0.15, 0.2) is 11.5 Å². The number of nitrogens with zero attached hydrogens (tertiary/aromatic N) is 3. The van der Waals surface area contributed by atoms with Gasteiger partial charge in [0.05, 0.1) is 24.6 Å². The van der Waals surface area contributed by atoms with Crippen molar-refractivity contribution < 1.29 is 19.1 Å². The average Bonchev–Trinajstić information content (AvgIpc) is 2.69. The molecule has 0 radical (unpaired) electrons. The van der Waals surface area contributed by atoms with Gasteiger partial charge >= 0.3 is 12.1 Å². The van der Waals surface area contributed by atoms with Gasteiger partial charge in [0.2, 0.25) is 0 Å². The summed E-state index contributed by atoms with van der Waals surface area (Å²) in [6, 6.07) is 0. The van der Waals surface area contributed by atoms with Gasteiger partial charge in [0.25, 0.3) is 0 Å². The Bertz CT molecular complexity index is 576. The van der Waals surface area contributed by atoms with Crippen LogP contribution in [0, 0.1) is 0 Å². The summed E-state index contributed by atoms with van der Waals surface area (Å²) in [6.45, 7) is 5.00. The molecule has 0 aromatic carbocycles. The second kappa shape index (κ2) is 7.06. The molecular formula is C14H20N4O4. The van der Waals surface area contributed by atoms with Crippen LogP contribution in [0.5, 0.6) is 0 Å². The molecule has 2 heterocycles. The van der Waals surface area contributed by atoms with E-state index in [0.717, 1.165) is 0 Å². The van der Waals surface area contributed by atoms with E-state index >= 15 is 0 Å². The molecule has 120 valence electrons. The molecule has 8 nitrogen and oxygen atoms in total. The number of carbonyl (C=O) groups is 2. The van der Waals surface area contributed by atoms with Crippen LogP contribution in [0.1, 0.15) is 35.7 Å². The second-order valence-corrected chi connectivity index (χ2v) is 4.76. The van der Waals surface area contributed by atoms with Crippen LogP contribution in [0.3, 0.4) is 0 Å². The number of rotatable bonds is 3. The summed E-state index contributed by atoms with van der Waals surface area (Å²) in [5, 5.41) is 0. The minimum absolute atomic E-state index is 0.0326. The topological polar surface area (TPSA) is 108 Å². The van der Waals surface area contributed by atoms with E-state index in [9.17, 15) is 9.59 Å². The van der Waals surface area contributed by atoms with Crippen molar-refractivity contribution >= 4 is 17.9 Å². The van der Waals surface area contributed by atoms with E-state index < -0.39 is 5.97 Å². The third-order valence-electron chi connectivity index (χ3n) is 3.31. The average molecular weight is 308 g/mol. The fraction of sp³-hybridized carbons (Fsp3) is 0.571. The lowest BCUT2D eigenvalue weighted by molar-refractivity contribution is 0.0520. The SMILES string of the molecule is CCOC(=O)c1nc2c(nc1N)CCN(C(=O)OCC)CC2. The number of nitrogens with two attached hydrogens (primary N) is 1. The zero-order chi connectivity index (χ0) is 16.1. The van der Waals surface area contributed by atoms with Crippen LogP contribution >= 0.6 is 0 Å². The molecule has 0 unspecified atom stereocenters. The van der Waals surface area contributed by atoms with Crippen LogP contribution in [0.4, 0.5) is 10.6 Å². The fourth-order valence-corrected chi connectivity index (χ4v) is 2.26. The number of amides is 1. The molecule has 0 bridgehead atoms. The fourth-order valence-electron chi connectivity index (χ4n) is 2.26. The maximum atomic E-state index is 11.8. The third-order valence-corrected chi connectivity index (χ3v) is 3.31. The molecule has 2 rings (SSSR count). The molecule has 0 atom stereocenters. The van der Waals surface area contributed by atoms with Crippen LogP contribution < -0.4 is 5.73 Å². The van der Waals surface area contributed by atoms with Gasteiger partial charge in [0, 0.05) is 25.9 Å². The Morgan fingerprint density at radius 2 is 1.68 bits per heavy atom. The van der Waals surface area contributed by atoms with E-state index in [-0.39, 0.29) is 24.2 Å². The van der Waals surface area contributed by atoms with Gasteiger partial charge in [-0.05, 0) is 13.8 Å². The van der Waals surface area contributed by atoms with Crippen molar-refractivity contribution in [3.63, 3.8) is 0 Å². The standard InChI is InChI=1S/C14H20N4O4/c1-3-21-13(19)11-12(15)17-10-6-8-18(14(20)22-4-2)7-5-9(10)16-11/h3-8H2,1-2H3,(H2,15,17). The highest BCUT2D eigenvalue weighted by Crippen LogP contribution is 2.17. The lowest BCUT2D eigenvalue weighted by atomic mass is 10.2. The van der Waals surface area contributed by atoms with Crippen LogP contribution in [0.2, 0.25) is 0 Å². The molecule has 1 aromatic heterocycles. The van der Waals surface area contributed by atoms with Crippen LogP contribution in [0.25, 0.3) is 0 Å². The van der Waals surface area contributed by atoms with Gasteiger partial charge in [0.1, 0.15) is 0 Å². The van der Waals surface area contributed by atoms with E-state index in [1.807, 2.05) is 0 Å². The smallest absolute Gasteiger partial charge is 0.409 e. The predicted molar refractivity (Wildman–Crippen MR) is 78.4 cm³/mol. The third kappa shape index (κ3) is 3.44. The number of ether oxygens (including phenoxy) is 2. The van der Waals surface area contributed by atoms with Crippen molar-refractivity contribution in [2.75, 3.05) is 32.0 Å². The quantitative estimate of drug-likeness (QED) is 0.822. The highest BCUT2D eigenvalue weighted by Gasteiger charge is 2.24. The molecule has 1 aliphatic heterocycles. The van der Waals surface area contributed by atoms with Gasteiger partial charge in [-0.1, -0.05) is 0 Å². The molecule has 0 aliphatic carbocycles. The van der Waals surface area contributed by atoms with Crippen molar-refractivity contribution in [1.29, 1.82) is 0 Å². The molecule has 1 amide bonds. The highest BCUT2D eigenvalue weighted by molar-refractivity contribution is 5.91.